The number of rotatable bonds is 6. The van der Waals surface area contributed by atoms with Gasteiger partial charge in [0.1, 0.15) is 11.5 Å². The van der Waals surface area contributed by atoms with E-state index in [0.717, 1.165) is 42.3 Å². The van der Waals surface area contributed by atoms with Gasteiger partial charge in [-0.25, -0.2) is 4.68 Å². The van der Waals surface area contributed by atoms with Crippen molar-refractivity contribution in [3.05, 3.63) is 18.5 Å². The molecule has 130 valence electrons. The minimum atomic E-state index is 0.255. The predicted molar refractivity (Wildman–Crippen MR) is 92.9 cm³/mol. The molecule has 9 nitrogen and oxygen atoms in total. The second-order valence-corrected chi connectivity index (χ2v) is 6.69. The number of fused-ring (bicyclic) bond motifs is 1. The van der Waals surface area contributed by atoms with Crippen molar-refractivity contribution in [2.45, 2.75) is 25.3 Å². The first-order chi connectivity index (χ1) is 12.3. The van der Waals surface area contributed by atoms with Gasteiger partial charge in [-0.15, -0.1) is 5.10 Å². The van der Waals surface area contributed by atoms with Crippen molar-refractivity contribution >= 4 is 28.6 Å². The molecule has 0 spiro atoms. The van der Waals surface area contributed by atoms with Gasteiger partial charge in [0, 0.05) is 19.3 Å². The molecule has 4 heterocycles. The minimum absolute atomic E-state index is 0.255. The standard InChI is InChI=1S/C16H20N8O/c1-2-10(1)7-18-15-12-3-5-17-14(12)20-16(21-15)19-13-8-24(23-22-13)11-4-6-25-9-11/h3,5,8,10-11H,1-2,4,6-7,9H2,(H3,17,18,19,20,21)/t11-/m1/s1. The summed E-state index contributed by atoms with van der Waals surface area (Å²) >= 11 is 0. The molecule has 0 bridgehead atoms. The van der Waals surface area contributed by atoms with Crippen LogP contribution in [0.4, 0.5) is 17.6 Å². The maximum atomic E-state index is 5.40. The Morgan fingerprint density at radius 1 is 1.28 bits per heavy atom. The molecule has 25 heavy (non-hydrogen) atoms. The van der Waals surface area contributed by atoms with Crippen molar-refractivity contribution in [2.24, 2.45) is 5.92 Å². The van der Waals surface area contributed by atoms with E-state index in [1.165, 1.54) is 12.8 Å². The van der Waals surface area contributed by atoms with Gasteiger partial charge in [-0.1, -0.05) is 5.21 Å². The van der Waals surface area contributed by atoms with Crippen LogP contribution in [0.2, 0.25) is 0 Å². The van der Waals surface area contributed by atoms with E-state index in [4.69, 9.17) is 4.74 Å². The Bertz CT molecular complexity index is 877. The van der Waals surface area contributed by atoms with Crippen molar-refractivity contribution in [1.29, 1.82) is 0 Å². The van der Waals surface area contributed by atoms with Crippen LogP contribution < -0.4 is 10.6 Å². The van der Waals surface area contributed by atoms with Crippen molar-refractivity contribution in [3.8, 4) is 0 Å². The molecule has 2 aliphatic rings. The van der Waals surface area contributed by atoms with E-state index >= 15 is 0 Å². The average molecular weight is 340 g/mol. The fourth-order valence-corrected chi connectivity index (χ4v) is 3.05. The zero-order valence-corrected chi connectivity index (χ0v) is 13.8. The van der Waals surface area contributed by atoms with Crippen LogP contribution in [0.5, 0.6) is 0 Å². The van der Waals surface area contributed by atoms with Gasteiger partial charge in [-0.3, -0.25) is 0 Å². The summed E-state index contributed by atoms with van der Waals surface area (Å²) in [6.07, 6.45) is 7.31. The van der Waals surface area contributed by atoms with Crippen molar-refractivity contribution in [3.63, 3.8) is 0 Å². The van der Waals surface area contributed by atoms with Crippen molar-refractivity contribution in [2.75, 3.05) is 30.4 Å². The number of aromatic amines is 1. The van der Waals surface area contributed by atoms with Crippen LogP contribution in [0.3, 0.4) is 0 Å². The molecular formula is C16H20N8O. The summed E-state index contributed by atoms with van der Waals surface area (Å²) in [6, 6.07) is 2.25. The predicted octanol–water partition coefficient (Wildman–Crippen LogP) is 2.08. The zero-order chi connectivity index (χ0) is 16.6. The van der Waals surface area contributed by atoms with Gasteiger partial charge in [0.05, 0.1) is 24.2 Å². The molecule has 3 N–H and O–H groups in total. The number of hydrogen-bond donors (Lipinski definition) is 3. The molecule has 3 aromatic heterocycles. The van der Waals surface area contributed by atoms with Gasteiger partial charge in [0.15, 0.2) is 5.82 Å². The Morgan fingerprint density at radius 3 is 3.08 bits per heavy atom. The first-order valence-electron chi connectivity index (χ1n) is 8.71. The maximum absolute atomic E-state index is 5.40. The van der Waals surface area contributed by atoms with Gasteiger partial charge in [0.25, 0.3) is 0 Å². The van der Waals surface area contributed by atoms with Gasteiger partial charge in [-0.2, -0.15) is 9.97 Å². The molecule has 2 fully saturated rings. The molecule has 0 amide bonds. The summed E-state index contributed by atoms with van der Waals surface area (Å²) in [5, 5.41) is 16.0. The van der Waals surface area contributed by atoms with Gasteiger partial charge in [0.2, 0.25) is 5.95 Å². The molecule has 9 heteroatoms. The largest absolute Gasteiger partial charge is 0.379 e. The van der Waals surface area contributed by atoms with Crippen molar-refractivity contribution < 1.29 is 4.74 Å². The molecule has 0 aromatic carbocycles. The lowest BCUT2D eigenvalue weighted by molar-refractivity contribution is 0.184. The van der Waals surface area contributed by atoms with Gasteiger partial charge in [-0.05, 0) is 31.2 Å². The number of ether oxygens (including phenoxy) is 1. The highest BCUT2D eigenvalue weighted by Gasteiger charge is 2.22. The topological polar surface area (TPSA) is 106 Å². The third-order valence-corrected chi connectivity index (χ3v) is 4.70. The molecule has 3 aromatic rings. The van der Waals surface area contributed by atoms with E-state index in [1.807, 2.05) is 23.1 Å². The lowest BCUT2D eigenvalue weighted by Gasteiger charge is -2.08. The Morgan fingerprint density at radius 2 is 2.24 bits per heavy atom. The van der Waals surface area contributed by atoms with E-state index in [-0.39, 0.29) is 6.04 Å². The van der Waals surface area contributed by atoms with Crippen LogP contribution in [-0.2, 0) is 4.74 Å². The Labute approximate surface area is 144 Å². The Kier molecular flexibility index (Phi) is 3.51. The molecular weight excluding hydrogens is 320 g/mol. The SMILES string of the molecule is c1cc2c(NCC3CC3)nc(Nc3cn([C@@H]4CCOC4)nn3)nc2[nH]1. The van der Waals surface area contributed by atoms with Crippen LogP contribution >= 0.6 is 0 Å². The second kappa shape index (κ2) is 5.99. The molecule has 0 radical (unpaired) electrons. The summed E-state index contributed by atoms with van der Waals surface area (Å²) in [7, 11) is 0. The molecule has 1 aliphatic carbocycles. The van der Waals surface area contributed by atoms with E-state index in [0.29, 0.717) is 18.4 Å². The van der Waals surface area contributed by atoms with Crippen LogP contribution in [0.1, 0.15) is 25.3 Å². The van der Waals surface area contributed by atoms with Gasteiger partial charge >= 0.3 is 0 Å². The lowest BCUT2D eigenvalue weighted by Crippen LogP contribution is -2.09. The fraction of sp³-hybridized carbons (Fsp3) is 0.500. The number of aromatic nitrogens is 6. The summed E-state index contributed by atoms with van der Waals surface area (Å²) < 4.78 is 7.24. The zero-order valence-electron chi connectivity index (χ0n) is 13.8. The first-order valence-corrected chi connectivity index (χ1v) is 8.71. The molecule has 1 atom stereocenters. The molecule has 1 saturated heterocycles. The molecule has 1 aliphatic heterocycles. The maximum Gasteiger partial charge on any atom is 0.232 e. The highest BCUT2D eigenvalue weighted by Crippen LogP contribution is 2.30. The number of hydrogen-bond acceptors (Lipinski definition) is 7. The quantitative estimate of drug-likeness (QED) is 0.631. The van der Waals surface area contributed by atoms with Crippen LogP contribution in [0.25, 0.3) is 11.0 Å². The van der Waals surface area contributed by atoms with Gasteiger partial charge < -0.3 is 20.4 Å². The number of H-pyrrole nitrogens is 1. The number of nitrogens with zero attached hydrogens (tertiary/aromatic N) is 5. The van der Waals surface area contributed by atoms with Crippen LogP contribution in [0, 0.1) is 5.92 Å². The fourth-order valence-electron chi connectivity index (χ4n) is 3.05. The highest BCUT2D eigenvalue weighted by atomic mass is 16.5. The molecule has 0 unspecified atom stereocenters. The van der Waals surface area contributed by atoms with Crippen LogP contribution in [0.15, 0.2) is 18.5 Å². The van der Waals surface area contributed by atoms with E-state index in [9.17, 15) is 0 Å². The Hall–Kier alpha value is -2.68. The summed E-state index contributed by atoms with van der Waals surface area (Å²) in [4.78, 5) is 12.3. The van der Waals surface area contributed by atoms with Crippen molar-refractivity contribution in [1.82, 2.24) is 29.9 Å². The van der Waals surface area contributed by atoms with E-state index < -0.39 is 0 Å². The van der Waals surface area contributed by atoms with E-state index in [1.54, 1.807) is 0 Å². The summed E-state index contributed by atoms with van der Waals surface area (Å²) in [5.74, 6) is 2.75. The summed E-state index contributed by atoms with van der Waals surface area (Å²) in [6.45, 7) is 2.41. The highest BCUT2D eigenvalue weighted by molar-refractivity contribution is 5.88. The average Bonchev–Trinajstić information content (AvgIpc) is 3.04. The second-order valence-electron chi connectivity index (χ2n) is 6.69. The van der Waals surface area contributed by atoms with Crippen LogP contribution in [-0.4, -0.2) is 49.7 Å². The number of nitrogens with one attached hydrogen (secondary N) is 3. The molecule has 5 rings (SSSR count). The normalized spacial score (nSPS) is 20.2. The van der Waals surface area contributed by atoms with E-state index in [2.05, 4.69) is 35.9 Å². The smallest absolute Gasteiger partial charge is 0.232 e. The number of anilines is 3. The third-order valence-electron chi connectivity index (χ3n) is 4.70. The third kappa shape index (κ3) is 3.02. The minimum Gasteiger partial charge on any atom is -0.379 e. The lowest BCUT2D eigenvalue weighted by atomic mass is 10.3. The molecule has 1 saturated carbocycles. The Balaban J connectivity index is 1.38. The first kappa shape index (κ1) is 14.6. The summed E-state index contributed by atoms with van der Waals surface area (Å²) in [5.41, 5.74) is 0.799. The monoisotopic (exact) mass is 340 g/mol.